The standard InChI is InChI=1S/C23H19N3O2S/c1-15-7-12-19-20(13-15)29-23(26-19)17-8-10-18(11-9-17)25-21(27)14-24-22(28)16-5-3-2-4-6-16/h2-13H,14H2,1H3,(H,24,28)(H,25,27). The molecule has 0 saturated heterocycles. The minimum Gasteiger partial charge on any atom is -0.343 e. The molecule has 0 atom stereocenters. The van der Waals surface area contributed by atoms with E-state index in [0.29, 0.717) is 11.3 Å². The molecular formula is C23H19N3O2S. The first-order chi connectivity index (χ1) is 14.1. The van der Waals surface area contributed by atoms with E-state index in [9.17, 15) is 9.59 Å². The van der Waals surface area contributed by atoms with Crippen LogP contribution in [0.3, 0.4) is 0 Å². The van der Waals surface area contributed by atoms with Gasteiger partial charge in [0.05, 0.1) is 16.8 Å². The number of carbonyl (C=O) groups is 2. The fourth-order valence-corrected chi connectivity index (χ4v) is 3.98. The predicted octanol–water partition coefficient (Wildman–Crippen LogP) is 4.64. The number of carbonyl (C=O) groups excluding carboxylic acids is 2. The number of rotatable bonds is 5. The van der Waals surface area contributed by atoms with Crippen molar-refractivity contribution in [2.24, 2.45) is 0 Å². The van der Waals surface area contributed by atoms with Crippen molar-refractivity contribution in [1.29, 1.82) is 0 Å². The molecule has 1 heterocycles. The SMILES string of the molecule is Cc1ccc2nc(-c3ccc(NC(=O)CNC(=O)c4ccccc4)cc3)sc2c1. The Hall–Kier alpha value is -3.51. The molecule has 144 valence electrons. The quantitative estimate of drug-likeness (QED) is 0.512. The molecule has 29 heavy (non-hydrogen) atoms. The van der Waals surface area contributed by atoms with E-state index in [2.05, 4.69) is 34.7 Å². The molecule has 4 aromatic rings. The highest BCUT2D eigenvalue weighted by Crippen LogP contribution is 2.31. The summed E-state index contributed by atoms with van der Waals surface area (Å²) >= 11 is 1.65. The highest BCUT2D eigenvalue weighted by molar-refractivity contribution is 7.21. The molecule has 0 fully saturated rings. The lowest BCUT2D eigenvalue weighted by atomic mass is 10.2. The van der Waals surface area contributed by atoms with Crippen LogP contribution >= 0.6 is 11.3 Å². The lowest BCUT2D eigenvalue weighted by molar-refractivity contribution is -0.115. The van der Waals surface area contributed by atoms with Gasteiger partial charge in [-0.2, -0.15) is 0 Å². The lowest BCUT2D eigenvalue weighted by Crippen LogP contribution is -2.32. The highest BCUT2D eigenvalue weighted by atomic mass is 32.1. The number of aromatic nitrogens is 1. The summed E-state index contributed by atoms with van der Waals surface area (Å²) in [6.07, 6.45) is 0. The van der Waals surface area contributed by atoms with Gasteiger partial charge in [-0.3, -0.25) is 9.59 Å². The Balaban J connectivity index is 1.37. The van der Waals surface area contributed by atoms with Gasteiger partial charge in [0, 0.05) is 16.8 Å². The number of hydrogen-bond donors (Lipinski definition) is 2. The van der Waals surface area contributed by atoms with Crippen molar-refractivity contribution in [2.75, 3.05) is 11.9 Å². The lowest BCUT2D eigenvalue weighted by Gasteiger charge is -2.07. The minimum absolute atomic E-state index is 0.0906. The number of nitrogens with zero attached hydrogens (tertiary/aromatic N) is 1. The third kappa shape index (κ3) is 4.50. The van der Waals surface area contributed by atoms with E-state index >= 15 is 0 Å². The molecule has 0 aliphatic heterocycles. The normalized spacial score (nSPS) is 10.7. The van der Waals surface area contributed by atoms with Gasteiger partial charge >= 0.3 is 0 Å². The Labute approximate surface area is 172 Å². The van der Waals surface area contributed by atoms with E-state index in [4.69, 9.17) is 0 Å². The molecule has 2 N–H and O–H groups in total. The molecule has 0 aliphatic rings. The Bertz CT molecular complexity index is 1170. The van der Waals surface area contributed by atoms with Crippen LogP contribution in [0.15, 0.2) is 72.8 Å². The number of thiazole rings is 1. The maximum absolute atomic E-state index is 12.1. The molecule has 0 bridgehead atoms. The zero-order valence-electron chi connectivity index (χ0n) is 15.8. The average molecular weight is 401 g/mol. The summed E-state index contributed by atoms with van der Waals surface area (Å²) in [5.41, 5.74) is 4.40. The molecule has 0 saturated carbocycles. The summed E-state index contributed by atoms with van der Waals surface area (Å²) in [4.78, 5) is 28.8. The topological polar surface area (TPSA) is 71.1 Å². The van der Waals surface area contributed by atoms with Crippen LogP contribution in [0, 0.1) is 6.92 Å². The maximum Gasteiger partial charge on any atom is 0.251 e. The van der Waals surface area contributed by atoms with Crippen LogP contribution in [-0.4, -0.2) is 23.3 Å². The summed E-state index contributed by atoms with van der Waals surface area (Å²) in [5, 5.41) is 6.35. The highest BCUT2D eigenvalue weighted by Gasteiger charge is 2.09. The van der Waals surface area contributed by atoms with Crippen LogP contribution in [0.1, 0.15) is 15.9 Å². The number of aryl methyl sites for hydroxylation is 1. The summed E-state index contributed by atoms with van der Waals surface area (Å²) < 4.78 is 1.16. The van der Waals surface area contributed by atoms with Gasteiger partial charge in [0.25, 0.3) is 5.91 Å². The molecule has 5 nitrogen and oxygen atoms in total. The van der Waals surface area contributed by atoms with Crippen molar-refractivity contribution in [2.45, 2.75) is 6.92 Å². The van der Waals surface area contributed by atoms with Crippen LogP contribution in [0.4, 0.5) is 5.69 Å². The van der Waals surface area contributed by atoms with Gasteiger partial charge < -0.3 is 10.6 Å². The van der Waals surface area contributed by atoms with Crippen molar-refractivity contribution in [1.82, 2.24) is 10.3 Å². The molecular weight excluding hydrogens is 382 g/mol. The number of nitrogens with one attached hydrogen (secondary N) is 2. The van der Waals surface area contributed by atoms with E-state index in [-0.39, 0.29) is 18.4 Å². The summed E-state index contributed by atoms with van der Waals surface area (Å²) in [6, 6.07) is 22.6. The Morgan fingerprint density at radius 2 is 1.72 bits per heavy atom. The molecule has 4 rings (SSSR count). The van der Waals surface area contributed by atoms with Gasteiger partial charge in [0.1, 0.15) is 5.01 Å². The minimum atomic E-state index is -0.280. The Morgan fingerprint density at radius 1 is 0.966 bits per heavy atom. The number of hydrogen-bond acceptors (Lipinski definition) is 4. The van der Waals surface area contributed by atoms with E-state index in [0.717, 1.165) is 20.8 Å². The van der Waals surface area contributed by atoms with Crippen LogP contribution in [0.2, 0.25) is 0 Å². The van der Waals surface area contributed by atoms with E-state index < -0.39 is 0 Å². The van der Waals surface area contributed by atoms with E-state index in [1.54, 1.807) is 35.6 Å². The van der Waals surface area contributed by atoms with Crippen molar-refractivity contribution >= 4 is 39.1 Å². The predicted molar refractivity (Wildman–Crippen MR) is 117 cm³/mol. The van der Waals surface area contributed by atoms with E-state index in [1.165, 1.54) is 5.56 Å². The second-order valence-corrected chi connectivity index (χ2v) is 7.70. The van der Waals surface area contributed by atoms with Crippen LogP contribution < -0.4 is 10.6 Å². The van der Waals surface area contributed by atoms with Crippen molar-refractivity contribution < 1.29 is 9.59 Å². The molecule has 3 aromatic carbocycles. The van der Waals surface area contributed by atoms with Crippen LogP contribution in [0.5, 0.6) is 0 Å². The second kappa shape index (κ2) is 8.24. The largest absolute Gasteiger partial charge is 0.343 e. The number of fused-ring (bicyclic) bond motifs is 1. The number of benzene rings is 3. The van der Waals surface area contributed by atoms with Crippen molar-refractivity contribution in [3.63, 3.8) is 0 Å². The van der Waals surface area contributed by atoms with Crippen LogP contribution in [-0.2, 0) is 4.79 Å². The van der Waals surface area contributed by atoms with Gasteiger partial charge in [0.2, 0.25) is 5.91 Å². The first-order valence-electron chi connectivity index (χ1n) is 9.19. The molecule has 0 aliphatic carbocycles. The molecule has 0 spiro atoms. The monoisotopic (exact) mass is 401 g/mol. The number of anilines is 1. The van der Waals surface area contributed by atoms with Gasteiger partial charge in [-0.05, 0) is 61.0 Å². The van der Waals surface area contributed by atoms with Crippen LogP contribution in [0.25, 0.3) is 20.8 Å². The van der Waals surface area contributed by atoms with Gasteiger partial charge in [-0.25, -0.2) is 4.98 Å². The Kier molecular flexibility index (Phi) is 5.35. The molecule has 0 unspecified atom stereocenters. The van der Waals surface area contributed by atoms with Crippen molar-refractivity contribution in [3.05, 3.63) is 83.9 Å². The third-order valence-corrected chi connectivity index (χ3v) is 5.47. The smallest absolute Gasteiger partial charge is 0.251 e. The number of amides is 2. The maximum atomic E-state index is 12.1. The van der Waals surface area contributed by atoms with Gasteiger partial charge in [-0.1, -0.05) is 24.3 Å². The second-order valence-electron chi connectivity index (χ2n) is 6.66. The summed E-state index contributed by atoms with van der Waals surface area (Å²) in [5.74, 6) is -0.556. The zero-order chi connectivity index (χ0) is 20.2. The third-order valence-electron chi connectivity index (χ3n) is 4.41. The zero-order valence-corrected chi connectivity index (χ0v) is 16.6. The fourth-order valence-electron chi connectivity index (χ4n) is 2.91. The first-order valence-corrected chi connectivity index (χ1v) is 10.0. The first kappa shape index (κ1) is 18.8. The van der Waals surface area contributed by atoms with Crippen molar-refractivity contribution in [3.8, 4) is 10.6 Å². The summed E-state index contributed by atoms with van der Waals surface area (Å²) in [7, 11) is 0. The molecule has 6 heteroatoms. The fraction of sp³-hybridized carbons (Fsp3) is 0.0870. The molecule has 2 amide bonds. The summed E-state index contributed by atoms with van der Waals surface area (Å²) in [6.45, 7) is 1.98. The molecule has 0 radical (unpaired) electrons. The van der Waals surface area contributed by atoms with Gasteiger partial charge in [0.15, 0.2) is 0 Å². The van der Waals surface area contributed by atoms with Gasteiger partial charge in [-0.15, -0.1) is 11.3 Å². The molecule has 1 aromatic heterocycles. The van der Waals surface area contributed by atoms with E-state index in [1.807, 2.05) is 36.4 Å². The Morgan fingerprint density at radius 3 is 2.48 bits per heavy atom. The average Bonchev–Trinajstić information content (AvgIpc) is 3.16.